The van der Waals surface area contributed by atoms with Crippen LogP contribution < -0.4 is 35.8 Å². The minimum atomic E-state index is -4.42. The molecule has 0 radical (unpaired) electrons. The van der Waals surface area contributed by atoms with Gasteiger partial charge in [0.2, 0.25) is 0 Å². The number of ether oxygens (including phenoxy) is 6. The summed E-state index contributed by atoms with van der Waals surface area (Å²) >= 11 is -0.223. The van der Waals surface area contributed by atoms with Crippen LogP contribution in [0.4, 0.5) is 0 Å². The molecule has 0 aliphatic heterocycles. The van der Waals surface area contributed by atoms with Gasteiger partial charge in [0.1, 0.15) is 37.9 Å². The molecule has 0 bridgehead atoms. The molecule has 2 N–H and O–H groups in total. The Bertz CT molecular complexity index is 1040. The molecule has 10 nitrogen and oxygen atoms in total. The molecule has 0 heterocycles. The molecule has 1 aliphatic rings. The molecule has 42 heavy (non-hydrogen) atoms. The van der Waals surface area contributed by atoms with Crippen LogP contribution in [-0.2, 0) is 29.3 Å². The summed E-state index contributed by atoms with van der Waals surface area (Å²) in [4.78, 5) is 0. The molecular formula is C30H42INO9S. The van der Waals surface area contributed by atoms with Gasteiger partial charge in [-0.05, 0) is 81.1 Å². The Balaban J connectivity index is 0.000000428. The van der Waals surface area contributed by atoms with Crippen LogP contribution >= 0.6 is 0 Å². The van der Waals surface area contributed by atoms with Gasteiger partial charge in [0, 0.05) is 6.61 Å². The SMILES string of the molecule is C=COC1CCC(OCC)CC1.C=COCCOc1ccc([I+]c2ccc(OCCOC=C)cc2)cc1.NS(=O)(=O)[O-]. The van der Waals surface area contributed by atoms with E-state index in [4.69, 9.17) is 41.4 Å². The quantitative estimate of drug-likeness (QED) is 0.119. The average Bonchev–Trinajstić information content (AvgIpc) is 2.96. The molecule has 1 saturated carbocycles. The Morgan fingerprint density at radius 1 is 0.786 bits per heavy atom. The van der Waals surface area contributed by atoms with Gasteiger partial charge in [-0.3, -0.25) is 0 Å². The Hall–Kier alpha value is -2.78. The lowest BCUT2D eigenvalue weighted by Gasteiger charge is -2.27. The largest absolute Gasteiger partial charge is 0.736 e. The highest BCUT2D eigenvalue weighted by molar-refractivity contribution is 7.83. The Kier molecular flexibility index (Phi) is 20.2. The number of rotatable bonds is 16. The van der Waals surface area contributed by atoms with Gasteiger partial charge in [-0.2, -0.15) is 0 Å². The third-order valence-electron chi connectivity index (χ3n) is 5.33. The highest BCUT2D eigenvalue weighted by Gasteiger charge is 2.21. The Morgan fingerprint density at radius 2 is 1.19 bits per heavy atom. The Labute approximate surface area is 260 Å². The molecule has 2 aromatic rings. The Morgan fingerprint density at radius 3 is 1.55 bits per heavy atom. The second-order valence-corrected chi connectivity index (χ2v) is 12.4. The number of benzene rings is 2. The summed E-state index contributed by atoms with van der Waals surface area (Å²) in [5, 5.41) is 3.77. The van der Waals surface area contributed by atoms with Crippen LogP contribution in [0.5, 0.6) is 11.5 Å². The van der Waals surface area contributed by atoms with E-state index in [9.17, 15) is 0 Å². The minimum Gasteiger partial charge on any atom is -0.736 e. The van der Waals surface area contributed by atoms with Crippen molar-refractivity contribution in [1.82, 2.24) is 0 Å². The normalized spacial score (nSPS) is 15.8. The summed E-state index contributed by atoms with van der Waals surface area (Å²) in [6.45, 7) is 15.5. The van der Waals surface area contributed by atoms with Crippen molar-refractivity contribution in [2.75, 3.05) is 33.0 Å². The zero-order valence-electron chi connectivity index (χ0n) is 24.0. The summed E-state index contributed by atoms with van der Waals surface area (Å²) in [6, 6.07) is 16.5. The van der Waals surface area contributed by atoms with E-state index < -0.39 is 10.3 Å². The second kappa shape index (κ2) is 22.8. The highest BCUT2D eigenvalue weighted by Crippen LogP contribution is 2.23. The molecule has 12 heteroatoms. The first kappa shape index (κ1) is 37.2. The van der Waals surface area contributed by atoms with Gasteiger partial charge in [-0.1, -0.05) is 19.7 Å². The van der Waals surface area contributed by atoms with Crippen LogP contribution in [0.3, 0.4) is 0 Å². The smallest absolute Gasteiger partial charge is 0.357 e. The van der Waals surface area contributed by atoms with Crippen molar-refractivity contribution in [2.45, 2.75) is 44.8 Å². The maximum absolute atomic E-state index is 8.85. The van der Waals surface area contributed by atoms with Gasteiger partial charge >= 0.3 is 21.2 Å². The lowest BCUT2D eigenvalue weighted by Crippen LogP contribution is -3.61. The van der Waals surface area contributed by atoms with E-state index >= 15 is 0 Å². The first-order valence-electron chi connectivity index (χ1n) is 13.4. The molecule has 0 unspecified atom stereocenters. The van der Waals surface area contributed by atoms with Crippen LogP contribution in [-0.4, -0.2) is 58.2 Å². The van der Waals surface area contributed by atoms with Gasteiger partial charge in [0.25, 0.3) is 0 Å². The maximum atomic E-state index is 8.85. The molecule has 0 atom stereocenters. The number of nitrogens with two attached hydrogens (primary N) is 1. The summed E-state index contributed by atoms with van der Waals surface area (Å²) in [5.74, 6) is 1.71. The van der Waals surface area contributed by atoms with Gasteiger partial charge < -0.3 is 33.0 Å². The molecule has 0 amide bonds. The summed E-state index contributed by atoms with van der Waals surface area (Å²) in [7, 11) is -4.42. The van der Waals surface area contributed by atoms with Crippen LogP contribution in [0.1, 0.15) is 32.6 Å². The van der Waals surface area contributed by atoms with Crippen molar-refractivity contribution in [3.05, 3.63) is 94.2 Å². The fourth-order valence-corrected chi connectivity index (χ4v) is 5.76. The van der Waals surface area contributed by atoms with Crippen LogP contribution in [0.15, 0.2) is 87.1 Å². The number of halogens is 1. The summed E-state index contributed by atoms with van der Waals surface area (Å²) < 4.78 is 61.3. The van der Waals surface area contributed by atoms with Gasteiger partial charge in [-0.15, -0.1) is 0 Å². The van der Waals surface area contributed by atoms with Crippen molar-refractivity contribution in [3.8, 4) is 11.5 Å². The molecule has 1 fully saturated rings. The van der Waals surface area contributed by atoms with E-state index in [1.165, 1.54) is 19.7 Å². The van der Waals surface area contributed by atoms with E-state index in [2.05, 4.69) is 49.1 Å². The lowest BCUT2D eigenvalue weighted by atomic mass is 9.95. The first-order valence-corrected chi connectivity index (χ1v) is 17.0. The van der Waals surface area contributed by atoms with Crippen LogP contribution in [0.2, 0.25) is 0 Å². The zero-order valence-corrected chi connectivity index (χ0v) is 27.0. The summed E-state index contributed by atoms with van der Waals surface area (Å²) in [5.41, 5.74) is 0. The zero-order chi connectivity index (χ0) is 31.1. The highest BCUT2D eigenvalue weighted by atomic mass is 127. The van der Waals surface area contributed by atoms with E-state index in [1.54, 1.807) is 6.26 Å². The van der Waals surface area contributed by atoms with Crippen molar-refractivity contribution in [2.24, 2.45) is 5.14 Å². The van der Waals surface area contributed by atoms with Crippen molar-refractivity contribution in [1.29, 1.82) is 0 Å². The molecule has 0 saturated heterocycles. The van der Waals surface area contributed by atoms with E-state index in [-0.39, 0.29) is 21.2 Å². The van der Waals surface area contributed by atoms with Gasteiger partial charge in [-0.25, -0.2) is 13.6 Å². The monoisotopic (exact) mass is 719 g/mol. The predicted octanol–water partition coefficient (Wildman–Crippen LogP) is 1.79. The van der Waals surface area contributed by atoms with Crippen molar-refractivity contribution >= 4 is 10.3 Å². The first-order chi connectivity index (χ1) is 20.2. The number of hydrogen-bond acceptors (Lipinski definition) is 9. The van der Waals surface area contributed by atoms with E-state index in [1.807, 2.05) is 31.2 Å². The third kappa shape index (κ3) is 20.2. The average molecular weight is 720 g/mol. The fourth-order valence-electron chi connectivity index (χ4n) is 3.60. The summed E-state index contributed by atoms with van der Waals surface area (Å²) in [6.07, 6.45) is 9.72. The van der Waals surface area contributed by atoms with Crippen molar-refractivity contribution < 1.29 is 62.6 Å². The molecule has 1 aliphatic carbocycles. The lowest BCUT2D eigenvalue weighted by molar-refractivity contribution is -0.597. The molecule has 0 spiro atoms. The predicted molar refractivity (Wildman–Crippen MR) is 156 cm³/mol. The molecule has 2 aromatic carbocycles. The maximum Gasteiger partial charge on any atom is 0.357 e. The molecule has 0 aromatic heterocycles. The van der Waals surface area contributed by atoms with E-state index in [0.717, 1.165) is 43.8 Å². The van der Waals surface area contributed by atoms with Crippen LogP contribution in [0.25, 0.3) is 0 Å². The van der Waals surface area contributed by atoms with Crippen molar-refractivity contribution in [3.63, 3.8) is 0 Å². The third-order valence-corrected chi connectivity index (χ3v) is 8.02. The molecular weight excluding hydrogens is 677 g/mol. The standard InChI is InChI=1S/C20H22IO4.C10H18O2.H3NO3S/c1-3-22-13-15-24-19-9-5-17(6-10-19)21-18-7-11-20(12-8-18)25-16-14-23-4-2;1-3-11-9-5-7-10(8-6-9)12-4-2;1-5(2,3)4/h3-12H,1-2,13-16H2;3,9-10H,1,4-8H2,2H3;(H3,1,2,3,4)/q+1;;/p-1. The molecule has 3 rings (SSSR count). The van der Waals surface area contributed by atoms with E-state index in [0.29, 0.717) is 38.6 Å². The topological polar surface area (TPSA) is 139 Å². The second-order valence-electron chi connectivity index (χ2n) is 8.42. The fraction of sp³-hybridized carbons (Fsp3) is 0.400. The van der Waals surface area contributed by atoms with Gasteiger partial charge in [0.05, 0.1) is 31.0 Å². The minimum absolute atomic E-state index is 0.223. The molecule has 234 valence electrons. The van der Waals surface area contributed by atoms with Crippen LogP contribution in [0, 0.1) is 7.14 Å². The number of hydrogen-bond donors (Lipinski definition) is 1. The van der Waals surface area contributed by atoms with Gasteiger partial charge in [0.15, 0.2) is 17.4 Å².